The van der Waals surface area contributed by atoms with Crippen molar-refractivity contribution in [2.45, 2.75) is 20.8 Å². The van der Waals surface area contributed by atoms with Crippen molar-refractivity contribution in [1.82, 2.24) is 4.34 Å². The average molecular weight is 582 g/mol. The van der Waals surface area contributed by atoms with Gasteiger partial charge in [0.2, 0.25) is 0 Å². The molecule has 204 valence electrons. The number of rotatable bonds is 3. The first-order valence-electron chi connectivity index (χ1n) is 14.2. The lowest BCUT2D eigenvalue weighted by atomic mass is 9.95. The first-order chi connectivity index (χ1) is 20.6. The molecule has 0 saturated carbocycles. The second-order valence-electron chi connectivity index (χ2n) is 11.0. The molecule has 0 bridgehead atoms. The van der Waals surface area contributed by atoms with Gasteiger partial charge >= 0.3 is 8.16 Å². The molecule has 42 heavy (non-hydrogen) atoms. The van der Waals surface area contributed by atoms with Gasteiger partial charge in [-0.15, -0.1) is 0 Å². The van der Waals surface area contributed by atoms with Crippen LogP contribution in [0.5, 0.6) is 0 Å². The van der Waals surface area contributed by atoms with Crippen LogP contribution in [0.4, 0.5) is 0 Å². The molecule has 0 aliphatic rings. The summed E-state index contributed by atoms with van der Waals surface area (Å²) in [5, 5.41) is 9.52. The Kier molecular flexibility index (Phi) is 6.00. The Bertz CT molecular complexity index is 2260. The Morgan fingerprint density at radius 1 is 0.571 bits per heavy atom. The SMILES string of the molecule is Cc1c(Pc2ccccc2)n(-p2oc3c(C)cc4ccccc4c3c3c(o2)c(C)cc2ccccc23)c2ccccc12. The van der Waals surface area contributed by atoms with Crippen LogP contribution in [0, 0.1) is 20.8 Å². The zero-order valence-corrected chi connectivity index (χ0v) is 25.6. The molecule has 0 amide bonds. The van der Waals surface area contributed by atoms with Crippen molar-refractivity contribution in [3.63, 3.8) is 0 Å². The fourth-order valence-electron chi connectivity index (χ4n) is 6.28. The molecule has 0 fully saturated rings. The number of fused-ring (bicyclic) bond motifs is 8. The van der Waals surface area contributed by atoms with Crippen LogP contribution >= 0.6 is 16.7 Å². The molecule has 8 rings (SSSR count). The quantitative estimate of drug-likeness (QED) is 0.194. The number of nitrogens with zero attached hydrogens (tertiary/aromatic N) is 1. The lowest BCUT2D eigenvalue weighted by Crippen LogP contribution is -2.12. The van der Waals surface area contributed by atoms with Gasteiger partial charge in [0, 0.05) is 16.2 Å². The van der Waals surface area contributed by atoms with Crippen molar-refractivity contribution in [3.05, 3.63) is 132 Å². The molecule has 2 aromatic heterocycles. The van der Waals surface area contributed by atoms with Gasteiger partial charge in [-0.25, -0.2) is 4.34 Å². The number of aryl methyl sites for hydroxylation is 3. The Hall–Kier alpha value is -4.29. The van der Waals surface area contributed by atoms with Crippen molar-refractivity contribution in [3.8, 4) is 0 Å². The standard InChI is InChI=1S/C37H29NO2P2/c1-23-21-26-13-7-9-18-30(26)33-34-31-19-10-8-14-27(31)22-24(2)36(34)40-42(39-35(23)33)38-32-20-12-11-17-29(32)25(3)37(38)41-28-15-5-4-6-16-28/h4-22,41H,1-3H3. The topological polar surface area (TPSA) is 31.2 Å². The highest BCUT2D eigenvalue weighted by atomic mass is 31.1. The van der Waals surface area contributed by atoms with Gasteiger partial charge in [0.15, 0.2) is 0 Å². The van der Waals surface area contributed by atoms with Gasteiger partial charge in [-0.2, -0.15) is 0 Å². The molecule has 0 spiro atoms. The zero-order valence-electron chi connectivity index (χ0n) is 23.7. The van der Waals surface area contributed by atoms with Gasteiger partial charge in [0.25, 0.3) is 0 Å². The Balaban J connectivity index is 1.60. The smallest absolute Gasteiger partial charge is 0.346 e. The van der Waals surface area contributed by atoms with E-state index in [0.717, 1.165) is 38.6 Å². The predicted octanol–water partition coefficient (Wildman–Crippen LogP) is 10.4. The van der Waals surface area contributed by atoms with Crippen LogP contribution in [-0.4, -0.2) is 4.34 Å². The molecule has 5 heteroatoms. The van der Waals surface area contributed by atoms with E-state index >= 15 is 0 Å². The Morgan fingerprint density at radius 2 is 1.07 bits per heavy atom. The highest BCUT2D eigenvalue weighted by Crippen LogP contribution is 2.45. The average Bonchev–Trinajstić information content (AvgIpc) is 3.16. The summed E-state index contributed by atoms with van der Waals surface area (Å²) in [6.45, 7) is 6.55. The molecule has 0 aliphatic heterocycles. The molecule has 0 N–H and O–H groups in total. The fourth-order valence-corrected chi connectivity index (χ4v) is 9.51. The van der Waals surface area contributed by atoms with E-state index in [1.54, 1.807) is 0 Å². The van der Waals surface area contributed by atoms with Crippen LogP contribution in [0.3, 0.4) is 0 Å². The monoisotopic (exact) mass is 581 g/mol. The molecule has 3 nitrogen and oxygen atoms in total. The summed E-state index contributed by atoms with van der Waals surface area (Å²) in [6.07, 6.45) is 0. The van der Waals surface area contributed by atoms with E-state index in [-0.39, 0.29) is 0 Å². The van der Waals surface area contributed by atoms with Crippen molar-refractivity contribution in [2.75, 3.05) is 0 Å². The molecular weight excluding hydrogens is 552 g/mol. The minimum absolute atomic E-state index is 0.468. The van der Waals surface area contributed by atoms with Crippen LogP contribution < -0.4 is 10.7 Å². The summed E-state index contributed by atoms with van der Waals surface area (Å²) in [6, 6.07) is 41.1. The van der Waals surface area contributed by atoms with E-state index in [1.807, 2.05) is 0 Å². The highest BCUT2D eigenvalue weighted by molar-refractivity contribution is 7.56. The minimum Gasteiger partial charge on any atom is -0.403 e. The minimum atomic E-state index is -1.58. The van der Waals surface area contributed by atoms with Gasteiger partial charge < -0.3 is 8.39 Å². The van der Waals surface area contributed by atoms with Crippen LogP contribution in [0.2, 0.25) is 0 Å². The Morgan fingerprint density at radius 3 is 1.67 bits per heavy atom. The third-order valence-corrected chi connectivity index (χ3v) is 11.3. The van der Waals surface area contributed by atoms with E-state index in [2.05, 4.69) is 140 Å². The molecule has 0 radical (unpaired) electrons. The van der Waals surface area contributed by atoms with Crippen LogP contribution in [-0.2, 0) is 0 Å². The maximum Gasteiger partial charge on any atom is 0.346 e. The predicted molar refractivity (Wildman–Crippen MR) is 182 cm³/mol. The molecule has 8 aromatic rings. The lowest BCUT2D eigenvalue weighted by molar-refractivity contribution is 0.629. The van der Waals surface area contributed by atoms with Crippen molar-refractivity contribution < 1.29 is 8.39 Å². The fraction of sp³-hybridized carbons (Fsp3) is 0.0811. The molecule has 6 aromatic carbocycles. The second-order valence-corrected chi connectivity index (χ2v) is 13.5. The van der Waals surface area contributed by atoms with E-state index in [0.29, 0.717) is 8.58 Å². The first kappa shape index (κ1) is 25.4. The van der Waals surface area contributed by atoms with Gasteiger partial charge in [-0.3, -0.25) is 0 Å². The number of aromatic nitrogens is 1. The summed E-state index contributed by atoms with van der Waals surface area (Å²) < 4.78 is 16.7. The molecule has 0 aliphatic carbocycles. The number of hydrogen-bond donors (Lipinski definition) is 0. The number of para-hydroxylation sites is 1. The van der Waals surface area contributed by atoms with Gasteiger partial charge in [0.1, 0.15) is 11.2 Å². The van der Waals surface area contributed by atoms with Crippen molar-refractivity contribution >= 4 is 81.9 Å². The maximum absolute atomic E-state index is 7.18. The highest BCUT2D eigenvalue weighted by Gasteiger charge is 2.22. The van der Waals surface area contributed by atoms with E-state index in [1.165, 1.54) is 43.2 Å². The molecule has 0 saturated heterocycles. The van der Waals surface area contributed by atoms with Crippen LogP contribution in [0.1, 0.15) is 16.7 Å². The second kappa shape index (κ2) is 9.92. The van der Waals surface area contributed by atoms with Gasteiger partial charge in [0.05, 0.1) is 11.0 Å². The van der Waals surface area contributed by atoms with E-state index < -0.39 is 8.16 Å². The summed E-state index contributed by atoms with van der Waals surface area (Å²) in [5.41, 5.74) is 7.68. The molecular formula is C37H29NO2P2. The van der Waals surface area contributed by atoms with Crippen molar-refractivity contribution in [2.24, 2.45) is 0 Å². The first-order valence-corrected chi connectivity index (χ1v) is 16.3. The van der Waals surface area contributed by atoms with E-state index in [9.17, 15) is 0 Å². The van der Waals surface area contributed by atoms with Crippen LogP contribution in [0.15, 0.2) is 124 Å². The number of hydrogen-bond acceptors (Lipinski definition) is 2. The summed E-state index contributed by atoms with van der Waals surface area (Å²) in [5.74, 6) is 0. The lowest BCUT2D eigenvalue weighted by Gasteiger charge is -2.10. The maximum atomic E-state index is 7.18. The number of benzene rings is 6. The van der Waals surface area contributed by atoms with Crippen LogP contribution in [0.25, 0.3) is 54.4 Å². The zero-order chi connectivity index (χ0) is 28.4. The van der Waals surface area contributed by atoms with Gasteiger partial charge in [-0.1, -0.05) is 97.1 Å². The molecule has 1 unspecified atom stereocenters. The summed E-state index contributed by atoms with van der Waals surface area (Å²) in [4.78, 5) is 0. The third-order valence-electron chi connectivity index (χ3n) is 8.27. The Labute approximate surface area is 246 Å². The third kappa shape index (κ3) is 3.92. The van der Waals surface area contributed by atoms with E-state index in [4.69, 9.17) is 8.39 Å². The largest absolute Gasteiger partial charge is 0.403 e. The van der Waals surface area contributed by atoms with Gasteiger partial charge in [-0.05, 0) is 91.1 Å². The van der Waals surface area contributed by atoms with Crippen molar-refractivity contribution in [1.29, 1.82) is 0 Å². The summed E-state index contributed by atoms with van der Waals surface area (Å²) in [7, 11) is -1.11. The molecule has 1 atom stereocenters. The normalized spacial score (nSPS) is 12.1. The molecule has 2 heterocycles. The summed E-state index contributed by atoms with van der Waals surface area (Å²) >= 11 is 0.